The lowest BCUT2D eigenvalue weighted by Gasteiger charge is -2.31. The molecule has 2 heterocycles. The second-order valence-electron chi connectivity index (χ2n) is 6.16. The Kier molecular flexibility index (Phi) is 5.22. The van der Waals surface area contributed by atoms with E-state index in [1.807, 2.05) is 25.1 Å². The van der Waals surface area contributed by atoms with Crippen LogP contribution in [0.15, 0.2) is 30.5 Å². The third-order valence-electron chi connectivity index (χ3n) is 4.22. The van der Waals surface area contributed by atoms with Crippen molar-refractivity contribution in [3.05, 3.63) is 41.7 Å². The van der Waals surface area contributed by atoms with Gasteiger partial charge in [0.2, 0.25) is 0 Å². The largest absolute Gasteiger partial charge is 0.494 e. The van der Waals surface area contributed by atoms with Gasteiger partial charge in [0.25, 0.3) is 5.91 Å². The highest BCUT2D eigenvalue weighted by molar-refractivity contribution is 5.92. The number of aromatic nitrogens is 2. The number of aryl methyl sites for hydroxylation is 1. The second kappa shape index (κ2) is 7.57. The van der Waals surface area contributed by atoms with E-state index >= 15 is 0 Å². The first-order valence-electron chi connectivity index (χ1n) is 8.31. The van der Waals surface area contributed by atoms with Gasteiger partial charge in [-0.1, -0.05) is 6.07 Å². The number of aliphatic carboxylic acids is 1. The summed E-state index contributed by atoms with van der Waals surface area (Å²) in [6.45, 7) is 2.94. The topological polar surface area (TPSA) is 93.9 Å². The number of benzene rings is 1. The third-order valence-corrected chi connectivity index (χ3v) is 4.22. The summed E-state index contributed by atoms with van der Waals surface area (Å²) < 4.78 is 12.4. The van der Waals surface area contributed by atoms with Crippen molar-refractivity contribution >= 4 is 11.9 Å². The Balaban J connectivity index is 1.78. The molecule has 1 atom stereocenters. The first-order chi connectivity index (χ1) is 12.5. The monoisotopic (exact) mass is 359 g/mol. The molecule has 1 unspecified atom stereocenters. The molecule has 1 aliphatic rings. The molecule has 0 aliphatic carbocycles. The number of carbonyl (C=O) groups excluding carboxylic acids is 1. The number of carboxylic acid groups (broad SMARTS) is 1. The van der Waals surface area contributed by atoms with Crippen LogP contribution in [-0.2, 0) is 9.53 Å². The summed E-state index contributed by atoms with van der Waals surface area (Å²) in [4.78, 5) is 25.1. The first-order valence-corrected chi connectivity index (χ1v) is 8.31. The first kappa shape index (κ1) is 17.9. The molecule has 1 fully saturated rings. The molecule has 0 radical (unpaired) electrons. The molecule has 0 bridgehead atoms. The summed E-state index contributed by atoms with van der Waals surface area (Å²) in [6, 6.07) is 7.37. The Labute approximate surface area is 150 Å². The molecule has 2 aromatic rings. The maximum atomic E-state index is 12.7. The summed E-state index contributed by atoms with van der Waals surface area (Å²) in [6.07, 6.45) is 1.09. The van der Waals surface area contributed by atoms with Crippen molar-refractivity contribution in [2.24, 2.45) is 0 Å². The molecule has 26 heavy (non-hydrogen) atoms. The smallest absolute Gasteiger partial charge is 0.306 e. The van der Waals surface area contributed by atoms with Gasteiger partial charge in [-0.3, -0.25) is 9.59 Å². The number of ether oxygens (including phenoxy) is 2. The van der Waals surface area contributed by atoms with Crippen LogP contribution in [0.2, 0.25) is 0 Å². The molecule has 138 valence electrons. The molecule has 1 aliphatic heterocycles. The van der Waals surface area contributed by atoms with E-state index in [2.05, 4.69) is 5.10 Å². The zero-order valence-electron chi connectivity index (χ0n) is 14.7. The van der Waals surface area contributed by atoms with Gasteiger partial charge in [0.15, 0.2) is 5.69 Å². The molecule has 0 saturated carbocycles. The number of nitrogens with zero attached hydrogens (tertiary/aromatic N) is 3. The van der Waals surface area contributed by atoms with Crippen molar-refractivity contribution in [2.45, 2.75) is 19.4 Å². The highest BCUT2D eigenvalue weighted by Gasteiger charge is 2.27. The van der Waals surface area contributed by atoms with Crippen LogP contribution in [0.5, 0.6) is 5.75 Å². The van der Waals surface area contributed by atoms with E-state index in [4.69, 9.17) is 14.6 Å². The van der Waals surface area contributed by atoms with Crippen molar-refractivity contribution in [1.82, 2.24) is 14.7 Å². The maximum Gasteiger partial charge on any atom is 0.306 e. The van der Waals surface area contributed by atoms with Gasteiger partial charge in [-0.25, -0.2) is 4.68 Å². The summed E-state index contributed by atoms with van der Waals surface area (Å²) >= 11 is 0. The quantitative estimate of drug-likeness (QED) is 0.870. The average Bonchev–Trinajstić information content (AvgIpc) is 3.10. The van der Waals surface area contributed by atoms with Crippen molar-refractivity contribution < 1.29 is 24.2 Å². The number of morpholine rings is 1. The molecule has 3 rings (SSSR count). The fourth-order valence-corrected chi connectivity index (χ4v) is 2.94. The van der Waals surface area contributed by atoms with E-state index in [9.17, 15) is 9.59 Å². The van der Waals surface area contributed by atoms with Gasteiger partial charge in [-0.15, -0.1) is 0 Å². The summed E-state index contributed by atoms with van der Waals surface area (Å²) in [5.74, 6) is -0.528. The van der Waals surface area contributed by atoms with Crippen molar-refractivity contribution in [3.63, 3.8) is 0 Å². The van der Waals surface area contributed by atoms with Gasteiger partial charge < -0.3 is 19.5 Å². The number of carbonyl (C=O) groups is 2. The average molecular weight is 359 g/mol. The SMILES string of the molecule is COc1ccc(C)cc1-n1ccc(C(=O)N2CCOC(CC(=O)O)C2)n1. The standard InChI is InChI=1S/C18H21N3O5/c1-12-3-4-16(25-2)15(9-12)21-6-5-14(19-21)18(24)20-7-8-26-13(11-20)10-17(22)23/h3-6,9,13H,7-8,10-11H2,1-2H3,(H,22,23). The van der Waals surface area contributed by atoms with Crippen LogP contribution >= 0.6 is 0 Å². The fraction of sp³-hybridized carbons (Fsp3) is 0.389. The molecule has 8 nitrogen and oxygen atoms in total. The van der Waals surface area contributed by atoms with Crippen LogP contribution in [-0.4, -0.2) is 64.6 Å². The van der Waals surface area contributed by atoms with Crippen LogP contribution in [0.25, 0.3) is 5.69 Å². The molecule has 0 spiro atoms. The lowest BCUT2D eigenvalue weighted by Crippen LogP contribution is -2.46. The Morgan fingerprint density at radius 2 is 2.19 bits per heavy atom. The molecular formula is C18H21N3O5. The summed E-state index contributed by atoms with van der Waals surface area (Å²) in [5, 5.41) is 13.3. The second-order valence-corrected chi connectivity index (χ2v) is 6.16. The summed E-state index contributed by atoms with van der Waals surface area (Å²) in [7, 11) is 1.58. The molecular weight excluding hydrogens is 338 g/mol. The minimum Gasteiger partial charge on any atom is -0.494 e. The Morgan fingerprint density at radius 3 is 2.92 bits per heavy atom. The van der Waals surface area contributed by atoms with Gasteiger partial charge in [0.1, 0.15) is 11.4 Å². The van der Waals surface area contributed by atoms with E-state index in [0.717, 1.165) is 11.3 Å². The van der Waals surface area contributed by atoms with Crippen molar-refractivity contribution in [2.75, 3.05) is 26.8 Å². The van der Waals surface area contributed by atoms with Crippen molar-refractivity contribution in [1.29, 1.82) is 0 Å². The molecule has 1 amide bonds. The van der Waals surface area contributed by atoms with E-state index in [1.54, 1.807) is 29.0 Å². The van der Waals surface area contributed by atoms with E-state index < -0.39 is 12.1 Å². The van der Waals surface area contributed by atoms with Crippen LogP contribution < -0.4 is 4.74 Å². The Bertz CT molecular complexity index is 817. The fourth-order valence-electron chi connectivity index (χ4n) is 2.94. The highest BCUT2D eigenvalue weighted by Crippen LogP contribution is 2.23. The molecule has 1 aromatic carbocycles. The highest BCUT2D eigenvalue weighted by atomic mass is 16.5. The number of rotatable bonds is 5. The molecule has 1 saturated heterocycles. The normalized spacial score (nSPS) is 17.2. The third kappa shape index (κ3) is 3.85. The zero-order valence-corrected chi connectivity index (χ0v) is 14.7. The van der Waals surface area contributed by atoms with Crippen LogP contribution in [0.3, 0.4) is 0 Å². The Hall–Kier alpha value is -2.87. The minimum absolute atomic E-state index is 0.126. The number of hydrogen-bond acceptors (Lipinski definition) is 5. The zero-order chi connectivity index (χ0) is 18.7. The predicted molar refractivity (Wildman–Crippen MR) is 92.7 cm³/mol. The van der Waals surface area contributed by atoms with Crippen LogP contribution in [0.4, 0.5) is 0 Å². The maximum absolute atomic E-state index is 12.7. The number of carboxylic acids is 1. The van der Waals surface area contributed by atoms with E-state index in [-0.39, 0.29) is 18.9 Å². The van der Waals surface area contributed by atoms with Crippen LogP contribution in [0, 0.1) is 6.92 Å². The number of hydrogen-bond donors (Lipinski definition) is 1. The lowest BCUT2D eigenvalue weighted by molar-refractivity contribution is -0.141. The Morgan fingerprint density at radius 1 is 1.38 bits per heavy atom. The predicted octanol–water partition coefficient (Wildman–Crippen LogP) is 1.51. The molecule has 1 N–H and O–H groups in total. The molecule has 1 aromatic heterocycles. The van der Waals surface area contributed by atoms with Gasteiger partial charge in [0, 0.05) is 19.3 Å². The number of amides is 1. The lowest BCUT2D eigenvalue weighted by atomic mass is 10.2. The van der Waals surface area contributed by atoms with Gasteiger partial charge in [-0.05, 0) is 30.7 Å². The van der Waals surface area contributed by atoms with Crippen LogP contribution in [0.1, 0.15) is 22.5 Å². The molecule has 8 heteroatoms. The number of methoxy groups -OCH3 is 1. The van der Waals surface area contributed by atoms with Crippen molar-refractivity contribution in [3.8, 4) is 11.4 Å². The van der Waals surface area contributed by atoms with E-state index in [1.165, 1.54) is 0 Å². The minimum atomic E-state index is -0.944. The van der Waals surface area contributed by atoms with Gasteiger partial charge in [0.05, 0.1) is 26.2 Å². The summed E-state index contributed by atoms with van der Waals surface area (Å²) in [5.41, 5.74) is 2.09. The van der Waals surface area contributed by atoms with Gasteiger partial charge >= 0.3 is 5.97 Å². The van der Waals surface area contributed by atoms with E-state index in [0.29, 0.717) is 24.6 Å². The van der Waals surface area contributed by atoms with Gasteiger partial charge in [-0.2, -0.15) is 5.10 Å².